The maximum absolute atomic E-state index is 12.6. The van der Waals surface area contributed by atoms with Gasteiger partial charge in [-0.15, -0.1) is 5.10 Å². The topological polar surface area (TPSA) is 93.4 Å². The summed E-state index contributed by atoms with van der Waals surface area (Å²) in [6.07, 6.45) is 1.43. The first-order valence-corrected chi connectivity index (χ1v) is 7.53. The largest absolute Gasteiger partial charge is 0.484 e. The van der Waals surface area contributed by atoms with Crippen LogP contribution in [0.4, 0.5) is 0 Å². The van der Waals surface area contributed by atoms with Crippen LogP contribution in [0.3, 0.4) is 0 Å². The predicted octanol–water partition coefficient (Wildman–Crippen LogP) is 0.313. The van der Waals surface area contributed by atoms with Crippen LogP contribution >= 0.6 is 0 Å². The lowest BCUT2D eigenvalue weighted by atomic mass is 10.2. The van der Waals surface area contributed by atoms with E-state index in [1.165, 1.54) is 0 Å². The number of benzene rings is 1. The van der Waals surface area contributed by atoms with Gasteiger partial charge in [0.15, 0.2) is 12.4 Å². The molecular formula is C15H19N5O3. The standard InChI is InChI=1S/C15H19N5O3/c1-19-15(16-17-18-19)13-8-7-11(9-21)20(13)14(22)10-23-12-5-3-2-4-6-12/h2-6,11,13,21H,7-10H2,1H3/t11-,13+/m0/s1. The molecule has 0 unspecified atom stereocenters. The lowest BCUT2D eigenvalue weighted by molar-refractivity contribution is -0.137. The Morgan fingerprint density at radius 1 is 1.35 bits per heavy atom. The van der Waals surface area contributed by atoms with Crippen LogP contribution in [0.25, 0.3) is 0 Å². The molecule has 8 nitrogen and oxygen atoms in total. The number of para-hydroxylation sites is 1. The van der Waals surface area contributed by atoms with E-state index in [4.69, 9.17) is 4.74 Å². The normalized spacial score (nSPS) is 20.7. The van der Waals surface area contributed by atoms with Crippen LogP contribution in [-0.4, -0.2) is 55.4 Å². The third-order valence-corrected chi connectivity index (χ3v) is 4.06. The number of carbonyl (C=O) groups excluding carboxylic acids is 1. The first-order valence-electron chi connectivity index (χ1n) is 7.53. The summed E-state index contributed by atoms with van der Waals surface area (Å²) in [5.41, 5.74) is 0. The highest BCUT2D eigenvalue weighted by atomic mass is 16.5. The molecule has 2 atom stereocenters. The molecule has 0 spiro atoms. The number of aryl methyl sites for hydroxylation is 1. The van der Waals surface area contributed by atoms with Gasteiger partial charge < -0.3 is 14.7 Å². The van der Waals surface area contributed by atoms with E-state index in [-0.39, 0.29) is 31.2 Å². The predicted molar refractivity (Wildman–Crippen MR) is 80.4 cm³/mol. The second-order valence-electron chi connectivity index (χ2n) is 5.49. The Hall–Kier alpha value is -2.48. The number of amides is 1. The van der Waals surface area contributed by atoms with Crippen LogP contribution in [0.2, 0.25) is 0 Å². The van der Waals surface area contributed by atoms with Gasteiger partial charge in [-0.1, -0.05) is 18.2 Å². The number of aromatic nitrogens is 4. The second-order valence-corrected chi connectivity index (χ2v) is 5.49. The van der Waals surface area contributed by atoms with Crippen molar-refractivity contribution in [1.82, 2.24) is 25.1 Å². The molecule has 0 radical (unpaired) electrons. The summed E-state index contributed by atoms with van der Waals surface area (Å²) in [6.45, 7) is -0.166. The van der Waals surface area contributed by atoms with Gasteiger partial charge in [0.1, 0.15) is 5.75 Å². The lowest BCUT2D eigenvalue weighted by Crippen LogP contribution is -2.42. The molecule has 1 saturated heterocycles. The van der Waals surface area contributed by atoms with E-state index in [1.807, 2.05) is 18.2 Å². The van der Waals surface area contributed by atoms with Gasteiger partial charge in [-0.3, -0.25) is 4.79 Å². The van der Waals surface area contributed by atoms with Crippen molar-refractivity contribution in [3.63, 3.8) is 0 Å². The van der Waals surface area contributed by atoms with E-state index in [2.05, 4.69) is 15.5 Å². The fraction of sp³-hybridized carbons (Fsp3) is 0.467. The van der Waals surface area contributed by atoms with E-state index < -0.39 is 0 Å². The average Bonchev–Trinajstić information content (AvgIpc) is 3.19. The van der Waals surface area contributed by atoms with Gasteiger partial charge in [-0.25, -0.2) is 4.68 Å². The molecule has 2 heterocycles. The maximum Gasteiger partial charge on any atom is 0.261 e. The van der Waals surface area contributed by atoms with Crippen molar-refractivity contribution < 1.29 is 14.6 Å². The number of aliphatic hydroxyl groups excluding tert-OH is 1. The summed E-state index contributed by atoms with van der Waals surface area (Å²) in [7, 11) is 1.74. The van der Waals surface area contributed by atoms with Gasteiger partial charge in [0.05, 0.1) is 18.7 Å². The Morgan fingerprint density at radius 2 is 2.13 bits per heavy atom. The minimum atomic E-state index is -0.237. The number of hydrogen-bond donors (Lipinski definition) is 1. The van der Waals surface area contributed by atoms with Crippen molar-refractivity contribution in [2.45, 2.75) is 24.9 Å². The van der Waals surface area contributed by atoms with Crippen LogP contribution in [0.15, 0.2) is 30.3 Å². The van der Waals surface area contributed by atoms with Gasteiger partial charge >= 0.3 is 0 Å². The Morgan fingerprint density at radius 3 is 2.78 bits per heavy atom. The lowest BCUT2D eigenvalue weighted by Gasteiger charge is -2.28. The molecule has 0 bridgehead atoms. The Kier molecular flexibility index (Phi) is 4.52. The molecule has 1 aliphatic rings. The molecule has 3 rings (SSSR count). The van der Waals surface area contributed by atoms with Crippen LogP contribution in [0.1, 0.15) is 24.7 Å². The van der Waals surface area contributed by atoms with E-state index in [9.17, 15) is 9.90 Å². The van der Waals surface area contributed by atoms with Crippen LogP contribution < -0.4 is 4.74 Å². The molecule has 0 saturated carbocycles. The SMILES string of the molecule is Cn1nnnc1[C@H]1CC[C@@H](CO)N1C(=O)COc1ccccc1. The first-order chi connectivity index (χ1) is 11.2. The molecule has 1 fully saturated rings. The van der Waals surface area contributed by atoms with Crippen molar-refractivity contribution in [2.75, 3.05) is 13.2 Å². The molecule has 1 aromatic heterocycles. The summed E-state index contributed by atoms with van der Waals surface area (Å²) < 4.78 is 7.10. The molecule has 1 amide bonds. The van der Waals surface area contributed by atoms with Gasteiger partial charge in [0, 0.05) is 7.05 Å². The number of rotatable bonds is 5. The van der Waals surface area contributed by atoms with Crippen molar-refractivity contribution >= 4 is 5.91 Å². The monoisotopic (exact) mass is 317 g/mol. The quantitative estimate of drug-likeness (QED) is 0.853. The van der Waals surface area contributed by atoms with E-state index >= 15 is 0 Å². The fourth-order valence-corrected chi connectivity index (χ4v) is 2.95. The molecule has 8 heteroatoms. The van der Waals surface area contributed by atoms with E-state index in [0.717, 1.165) is 6.42 Å². The van der Waals surface area contributed by atoms with Crippen molar-refractivity contribution in [1.29, 1.82) is 0 Å². The molecule has 1 N–H and O–H groups in total. The highest BCUT2D eigenvalue weighted by Gasteiger charge is 2.39. The maximum atomic E-state index is 12.6. The first kappa shape index (κ1) is 15.4. The van der Waals surface area contributed by atoms with Crippen LogP contribution in [-0.2, 0) is 11.8 Å². The Balaban J connectivity index is 1.73. The summed E-state index contributed by atoms with van der Waals surface area (Å²) in [5.74, 6) is 1.07. The smallest absolute Gasteiger partial charge is 0.261 e. The minimum absolute atomic E-state index is 0.0811. The molecule has 1 aliphatic heterocycles. The van der Waals surface area contributed by atoms with Gasteiger partial charge in [-0.2, -0.15) is 0 Å². The van der Waals surface area contributed by atoms with Gasteiger partial charge in [0.25, 0.3) is 5.91 Å². The van der Waals surface area contributed by atoms with E-state index in [1.54, 1.807) is 28.8 Å². The van der Waals surface area contributed by atoms with Crippen molar-refractivity contribution in [2.24, 2.45) is 7.05 Å². The highest BCUT2D eigenvalue weighted by molar-refractivity contribution is 5.79. The zero-order valence-corrected chi connectivity index (χ0v) is 12.9. The van der Waals surface area contributed by atoms with Gasteiger partial charge in [0.2, 0.25) is 0 Å². The number of hydrogen-bond acceptors (Lipinski definition) is 6. The van der Waals surface area contributed by atoms with E-state index in [0.29, 0.717) is 18.0 Å². The van der Waals surface area contributed by atoms with Crippen molar-refractivity contribution in [3.8, 4) is 5.75 Å². The molecule has 2 aromatic rings. The van der Waals surface area contributed by atoms with Crippen LogP contribution in [0, 0.1) is 0 Å². The van der Waals surface area contributed by atoms with Crippen molar-refractivity contribution in [3.05, 3.63) is 36.2 Å². The third kappa shape index (κ3) is 3.16. The Labute approximate surface area is 133 Å². The third-order valence-electron chi connectivity index (χ3n) is 4.06. The summed E-state index contributed by atoms with van der Waals surface area (Å²) in [5, 5.41) is 21.0. The van der Waals surface area contributed by atoms with Crippen LogP contribution in [0.5, 0.6) is 5.75 Å². The average molecular weight is 317 g/mol. The number of carbonyl (C=O) groups is 1. The summed E-state index contributed by atoms with van der Waals surface area (Å²) >= 11 is 0. The number of likely N-dealkylation sites (tertiary alicyclic amines) is 1. The number of aliphatic hydroxyl groups is 1. The Bertz CT molecular complexity index is 660. The second kappa shape index (κ2) is 6.74. The molecule has 0 aliphatic carbocycles. The number of ether oxygens (including phenoxy) is 1. The zero-order chi connectivity index (χ0) is 16.2. The zero-order valence-electron chi connectivity index (χ0n) is 12.9. The summed E-state index contributed by atoms with van der Waals surface area (Å²) in [6, 6.07) is 8.70. The fourth-order valence-electron chi connectivity index (χ4n) is 2.95. The minimum Gasteiger partial charge on any atom is -0.484 e. The summed E-state index contributed by atoms with van der Waals surface area (Å²) in [4.78, 5) is 14.3. The molecule has 122 valence electrons. The molecule has 23 heavy (non-hydrogen) atoms. The molecular weight excluding hydrogens is 298 g/mol. The number of tetrazole rings is 1. The number of nitrogens with zero attached hydrogens (tertiary/aromatic N) is 5. The van der Waals surface area contributed by atoms with Gasteiger partial charge in [-0.05, 0) is 35.4 Å². The molecule has 1 aromatic carbocycles. The highest BCUT2D eigenvalue weighted by Crippen LogP contribution is 2.34.